The van der Waals surface area contributed by atoms with Gasteiger partial charge in [0.2, 0.25) is 5.82 Å². The molecule has 70 valence electrons. The zero-order valence-corrected chi connectivity index (χ0v) is 6.89. The van der Waals surface area contributed by atoms with E-state index in [-0.39, 0.29) is 11.0 Å². The second-order valence-corrected chi connectivity index (χ2v) is 2.59. The fraction of sp³-hybridized carbons (Fsp3) is 0. The number of carbonyl (C=O) groups is 1. The number of hydrogen-bond donors (Lipinski definition) is 2. The minimum absolute atomic E-state index is 0.133. The topological polar surface area (TPSA) is 95.9 Å². The number of nitrogens with one attached hydrogen (secondary N) is 1. The van der Waals surface area contributed by atoms with E-state index in [1.165, 1.54) is 12.3 Å². The first-order valence-corrected chi connectivity index (χ1v) is 3.77. The Morgan fingerprint density at radius 3 is 3.00 bits per heavy atom. The van der Waals surface area contributed by atoms with Crippen LogP contribution in [0.5, 0.6) is 0 Å². The normalized spacial score (nSPS) is 10.3. The molecule has 0 unspecified atom stereocenters. The van der Waals surface area contributed by atoms with Crippen LogP contribution in [-0.2, 0) is 0 Å². The number of aromatic nitrogens is 3. The molecule has 2 heterocycles. The van der Waals surface area contributed by atoms with Gasteiger partial charge in [-0.2, -0.15) is 0 Å². The van der Waals surface area contributed by atoms with Crippen molar-refractivity contribution in [2.45, 2.75) is 0 Å². The zero-order chi connectivity index (χ0) is 10.1. The van der Waals surface area contributed by atoms with Crippen LogP contribution in [-0.4, -0.2) is 26.0 Å². The van der Waals surface area contributed by atoms with Gasteiger partial charge in [-0.05, 0) is 12.1 Å². The maximum absolute atomic E-state index is 11.3. The SMILES string of the molecule is O=C(O)c1nc2ncccc2c(=O)[nH]1. The lowest BCUT2D eigenvalue weighted by atomic mass is 10.3. The molecular weight excluding hydrogens is 186 g/mol. The molecule has 2 aromatic rings. The molecular formula is C8H5N3O3. The Balaban J connectivity index is 2.86. The molecule has 6 heteroatoms. The first-order valence-electron chi connectivity index (χ1n) is 3.77. The summed E-state index contributed by atoms with van der Waals surface area (Å²) in [7, 11) is 0. The summed E-state index contributed by atoms with van der Waals surface area (Å²) in [5, 5.41) is 8.88. The third-order valence-corrected chi connectivity index (χ3v) is 1.68. The molecule has 2 N–H and O–H groups in total. The van der Waals surface area contributed by atoms with Gasteiger partial charge in [-0.15, -0.1) is 0 Å². The van der Waals surface area contributed by atoms with Gasteiger partial charge >= 0.3 is 5.97 Å². The van der Waals surface area contributed by atoms with E-state index < -0.39 is 17.4 Å². The molecule has 0 aliphatic heterocycles. The number of aromatic amines is 1. The molecule has 0 aromatic carbocycles. The number of carboxylic acid groups (broad SMARTS) is 1. The maximum Gasteiger partial charge on any atom is 0.372 e. The number of nitrogens with zero attached hydrogens (tertiary/aromatic N) is 2. The van der Waals surface area contributed by atoms with Crippen molar-refractivity contribution in [3.63, 3.8) is 0 Å². The summed E-state index contributed by atoms with van der Waals surface area (Å²) < 4.78 is 0. The Bertz CT molecular complexity index is 561. The highest BCUT2D eigenvalue weighted by Gasteiger charge is 2.09. The molecule has 0 spiro atoms. The molecule has 14 heavy (non-hydrogen) atoms. The minimum Gasteiger partial charge on any atom is -0.475 e. The molecule has 0 saturated carbocycles. The third-order valence-electron chi connectivity index (χ3n) is 1.68. The Kier molecular flexibility index (Phi) is 1.74. The van der Waals surface area contributed by atoms with Crippen molar-refractivity contribution >= 4 is 17.0 Å². The lowest BCUT2D eigenvalue weighted by molar-refractivity contribution is 0.0683. The maximum atomic E-state index is 11.3. The molecule has 2 aromatic heterocycles. The van der Waals surface area contributed by atoms with Gasteiger partial charge < -0.3 is 10.1 Å². The Morgan fingerprint density at radius 1 is 1.50 bits per heavy atom. The van der Waals surface area contributed by atoms with E-state index in [0.717, 1.165) is 0 Å². The summed E-state index contributed by atoms with van der Waals surface area (Å²) in [5.74, 6) is -1.68. The second-order valence-electron chi connectivity index (χ2n) is 2.59. The monoisotopic (exact) mass is 191 g/mol. The van der Waals surface area contributed by atoms with Gasteiger partial charge in [-0.3, -0.25) is 4.79 Å². The van der Waals surface area contributed by atoms with Crippen LogP contribution < -0.4 is 5.56 Å². The van der Waals surface area contributed by atoms with Gasteiger partial charge in [0.25, 0.3) is 5.56 Å². The van der Waals surface area contributed by atoms with Gasteiger partial charge in [-0.1, -0.05) is 0 Å². The smallest absolute Gasteiger partial charge is 0.372 e. The first kappa shape index (κ1) is 8.36. The van der Waals surface area contributed by atoms with Gasteiger partial charge in [0.05, 0.1) is 5.39 Å². The van der Waals surface area contributed by atoms with Gasteiger partial charge in [-0.25, -0.2) is 14.8 Å². The number of H-pyrrole nitrogens is 1. The van der Waals surface area contributed by atoms with E-state index in [1.54, 1.807) is 6.07 Å². The fourth-order valence-electron chi connectivity index (χ4n) is 1.07. The van der Waals surface area contributed by atoms with Crippen molar-refractivity contribution in [3.05, 3.63) is 34.5 Å². The summed E-state index contributed by atoms with van der Waals surface area (Å²) in [6, 6.07) is 3.11. The largest absolute Gasteiger partial charge is 0.475 e. The Labute approximate surface area is 77.3 Å². The van der Waals surface area contributed by atoms with Crippen molar-refractivity contribution in [2.24, 2.45) is 0 Å². The quantitative estimate of drug-likeness (QED) is 0.662. The van der Waals surface area contributed by atoms with E-state index in [0.29, 0.717) is 0 Å². The highest BCUT2D eigenvalue weighted by atomic mass is 16.4. The molecule has 2 rings (SSSR count). The number of pyridine rings is 1. The lowest BCUT2D eigenvalue weighted by Crippen LogP contribution is -2.15. The number of carboxylic acids is 1. The number of fused-ring (bicyclic) bond motifs is 1. The van der Waals surface area contributed by atoms with Crippen LogP contribution in [0.15, 0.2) is 23.1 Å². The number of hydrogen-bond acceptors (Lipinski definition) is 4. The van der Waals surface area contributed by atoms with E-state index >= 15 is 0 Å². The van der Waals surface area contributed by atoms with Crippen LogP contribution in [0.3, 0.4) is 0 Å². The van der Waals surface area contributed by atoms with Crippen LogP contribution >= 0.6 is 0 Å². The summed E-state index contributed by atoms with van der Waals surface area (Å²) in [6.07, 6.45) is 1.44. The fourth-order valence-corrected chi connectivity index (χ4v) is 1.07. The first-order chi connectivity index (χ1) is 6.68. The van der Waals surface area contributed by atoms with Crippen molar-refractivity contribution in [1.82, 2.24) is 15.0 Å². The molecule has 0 radical (unpaired) electrons. The highest BCUT2D eigenvalue weighted by Crippen LogP contribution is 2.01. The van der Waals surface area contributed by atoms with E-state index in [1.807, 2.05) is 0 Å². The molecule has 0 amide bonds. The summed E-state index contributed by atoms with van der Waals surface area (Å²) in [4.78, 5) is 31.4. The average Bonchev–Trinajstić information content (AvgIpc) is 2.17. The zero-order valence-electron chi connectivity index (χ0n) is 6.89. The van der Waals surface area contributed by atoms with Gasteiger partial charge in [0.1, 0.15) is 0 Å². The predicted molar refractivity (Wildman–Crippen MR) is 47.1 cm³/mol. The Hall–Kier alpha value is -2.24. The van der Waals surface area contributed by atoms with E-state index in [4.69, 9.17) is 5.11 Å². The number of aromatic carboxylic acids is 1. The molecule has 0 bridgehead atoms. The van der Waals surface area contributed by atoms with Gasteiger partial charge in [0.15, 0.2) is 5.65 Å². The number of rotatable bonds is 1. The molecule has 0 atom stereocenters. The van der Waals surface area contributed by atoms with Crippen molar-refractivity contribution in [1.29, 1.82) is 0 Å². The predicted octanol–water partition coefficient (Wildman–Crippen LogP) is 0.0163. The lowest BCUT2D eigenvalue weighted by Gasteiger charge is -1.96. The van der Waals surface area contributed by atoms with Crippen molar-refractivity contribution in [3.8, 4) is 0 Å². The van der Waals surface area contributed by atoms with Crippen LogP contribution in [0, 0.1) is 0 Å². The minimum atomic E-state index is -1.28. The molecule has 0 aliphatic rings. The van der Waals surface area contributed by atoms with E-state index in [2.05, 4.69) is 15.0 Å². The third kappa shape index (κ3) is 1.22. The molecule has 0 saturated heterocycles. The van der Waals surface area contributed by atoms with Crippen LogP contribution in [0.25, 0.3) is 11.0 Å². The molecule has 0 fully saturated rings. The summed E-state index contributed by atoms with van der Waals surface area (Å²) >= 11 is 0. The highest BCUT2D eigenvalue weighted by molar-refractivity contribution is 5.85. The molecule has 0 aliphatic carbocycles. The van der Waals surface area contributed by atoms with Crippen LogP contribution in [0.4, 0.5) is 0 Å². The average molecular weight is 191 g/mol. The summed E-state index contributed by atoms with van der Waals surface area (Å²) in [5.41, 5.74) is -0.367. The van der Waals surface area contributed by atoms with Crippen molar-refractivity contribution < 1.29 is 9.90 Å². The van der Waals surface area contributed by atoms with Gasteiger partial charge in [0, 0.05) is 6.20 Å². The summed E-state index contributed by atoms with van der Waals surface area (Å²) in [6.45, 7) is 0. The van der Waals surface area contributed by atoms with E-state index in [9.17, 15) is 9.59 Å². The van der Waals surface area contributed by atoms with Crippen molar-refractivity contribution in [2.75, 3.05) is 0 Å². The standard InChI is InChI=1S/C8H5N3O3/c12-7-4-2-1-3-9-5(4)10-6(11-7)8(13)14/h1-3H,(H,13,14)(H,9,10,11,12). The van der Waals surface area contributed by atoms with Crippen LogP contribution in [0.1, 0.15) is 10.6 Å². The Morgan fingerprint density at radius 2 is 2.29 bits per heavy atom. The van der Waals surface area contributed by atoms with Crippen LogP contribution in [0.2, 0.25) is 0 Å². The second kappa shape index (κ2) is 2.91. The molecule has 6 nitrogen and oxygen atoms in total.